The Morgan fingerprint density at radius 1 is 1.33 bits per heavy atom. The van der Waals surface area contributed by atoms with Crippen LogP contribution in [0.15, 0.2) is 29.3 Å². The molecule has 0 saturated carbocycles. The molecule has 3 N–H and O–H groups in total. The van der Waals surface area contributed by atoms with E-state index in [0.717, 1.165) is 24.7 Å². The van der Waals surface area contributed by atoms with Gasteiger partial charge in [-0.1, -0.05) is 33.8 Å². The molecule has 0 spiro atoms. The summed E-state index contributed by atoms with van der Waals surface area (Å²) in [5, 5.41) is 3.32. The van der Waals surface area contributed by atoms with E-state index < -0.39 is 0 Å². The van der Waals surface area contributed by atoms with Gasteiger partial charge in [0.2, 0.25) is 0 Å². The first-order valence-electron chi connectivity index (χ1n) is 8.81. The van der Waals surface area contributed by atoms with Gasteiger partial charge in [-0.05, 0) is 48.4 Å². The van der Waals surface area contributed by atoms with Crippen molar-refractivity contribution in [1.82, 2.24) is 4.90 Å². The number of nitrogens with one attached hydrogen (secondary N) is 1. The molecule has 1 aromatic carbocycles. The summed E-state index contributed by atoms with van der Waals surface area (Å²) in [6.45, 7) is 11.9. The second kappa shape index (κ2) is 7.97. The third kappa shape index (κ3) is 5.48. The van der Waals surface area contributed by atoms with E-state index in [9.17, 15) is 4.39 Å². The van der Waals surface area contributed by atoms with Gasteiger partial charge in [0, 0.05) is 25.3 Å². The number of rotatable bonds is 4. The summed E-state index contributed by atoms with van der Waals surface area (Å²) in [5.41, 5.74) is 6.51. The third-order valence-electron chi connectivity index (χ3n) is 4.46. The van der Waals surface area contributed by atoms with Crippen LogP contribution in [-0.2, 0) is 0 Å². The van der Waals surface area contributed by atoms with E-state index in [2.05, 4.69) is 37.9 Å². The summed E-state index contributed by atoms with van der Waals surface area (Å²) in [6, 6.07) is 6.52. The monoisotopic (exact) mass is 334 g/mol. The van der Waals surface area contributed by atoms with Gasteiger partial charge in [0.1, 0.15) is 5.82 Å². The Kier molecular flexibility index (Phi) is 6.21. The van der Waals surface area contributed by atoms with Crippen LogP contribution < -0.4 is 11.1 Å². The number of nitrogens with zero attached hydrogens (tertiary/aromatic N) is 2. The Labute approximate surface area is 145 Å². The van der Waals surface area contributed by atoms with Crippen molar-refractivity contribution in [1.29, 1.82) is 0 Å². The first-order chi connectivity index (χ1) is 11.3. The second-order valence-corrected chi connectivity index (χ2v) is 7.99. The van der Waals surface area contributed by atoms with Gasteiger partial charge in [-0.2, -0.15) is 0 Å². The number of anilines is 1. The average molecular weight is 334 g/mol. The van der Waals surface area contributed by atoms with Crippen molar-refractivity contribution in [2.45, 2.75) is 34.1 Å². The molecular weight excluding hydrogens is 303 g/mol. The fourth-order valence-electron chi connectivity index (χ4n) is 3.10. The lowest BCUT2D eigenvalue weighted by atomic mass is 9.92. The molecule has 0 aromatic heterocycles. The zero-order chi connectivity index (χ0) is 17.7. The van der Waals surface area contributed by atoms with Gasteiger partial charge in [0.05, 0.1) is 0 Å². The van der Waals surface area contributed by atoms with Crippen molar-refractivity contribution in [3.63, 3.8) is 0 Å². The minimum atomic E-state index is -0.248. The first kappa shape index (κ1) is 18.7. The van der Waals surface area contributed by atoms with Crippen LogP contribution in [-0.4, -0.2) is 37.0 Å². The highest BCUT2D eigenvalue weighted by Gasteiger charge is 2.25. The molecule has 0 amide bonds. The van der Waals surface area contributed by atoms with E-state index in [4.69, 9.17) is 10.7 Å². The minimum absolute atomic E-state index is 0.0537. The molecule has 2 unspecified atom stereocenters. The van der Waals surface area contributed by atoms with Gasteiger partial charge in [-0.15, -0.1) is 0 Å². The number of hydrogen-bond acceptors (Lipinski definition) is 2. The average Bonchev–Trinajstić information content (AvgIpc) is 2.50. The highest BCUT2D eigenvalue weighted by molar-refractivity contribution is 5.93. The summed E-state index contributed by atoms with van der Waals surface area (Å²) in [7, 11) is 0. The van der Waals surface area contributed by atoms with E-state index in [-0.39, 0.29) is 11.2 Å². The molecule has 1 aliphatic rings. The smallest absolute Gasteiger partial charge is 0.198 e. The van der Waals surface area contributed by atoms with Crippen molar-refractivity contribution < 1.29 is 4.39 Å². The Hall–Kier alpha value is -1.62. The highest BCUT2D eigenvalue weighted by Crippen LogP contribution is 2.23. The largest absolute Gasteiger partial charge is 0.342 e. The van der Waals surface area contributed by atoms with Crippen LogP contribution in [0, 0.1) is 23.1 Å². The number of aliphatic imine (C=N–C) groups is 1. The van der Waals surface area contributed by atoms with Crippen molar-refractivity contribution in [3.8, 4) is 0 Å². The summed E-state index contributed by atoms with van der Waals surface area (Å²) >= 11 is 0. The van der Waals surface area contributed by atoms with Crippen molar-refractivity contribution >= 4 is 11.6 Å². The Morgan fingerprint density at radius 2 is 2.00 bits per heavy atom. The fourth-order valence-corrected chi connectivity index (χ4v) is 3.10. The van der Waals surface area contributed by atoms with Crippen LogP contribution in [0.25, 0.3) is 0 Å². The van der Waals surface area contributed by atoms with E-state index in [1.54, 1.807) is 6.07 Å². The lowest BCUT2D eigenvalue weighted by Crippen LogP contribution is -2.46. The van der Waals surface area contributed by atoms with Crippen molar-refractivity contribution in [3.05, 3.63) is 30.1 Å². The van der Waals surface area contributed by atoms with Gasteiger partial charge in [0.25, 0.3) is 0 Å². The van der Waals surface area contributed by atoms with E-state index >= 15 is 0 Å². The van der Waals surface area contributed by atoms with Crippen LogP contribution >= 0.6 is 0 Å². The summed E-state index contributed by atoms with van der Waals surface area (Å²) in [6.07, 6.45) is 1.23. The fraction of sp³-hybridized carbons (Fsp3) is 0.632. The van der Waals surface area contributed by atoms with Gasteiger partial charge in [-0.25, -0.2) is 4.39 Å². The summed E-state index contributed by atoms with van der Waals surface area (Å²) in [5.74, 6) is 1.81. The maximum absolute atomic E-state index is 13.5. The molecule has 0 radical (unpaired) electrons. The molecule has 24 heavy (non-hydrogen) atoms. The van der Waals surface area contributed by atoms with Gasteiger partial charge < -0.3 is 16.0 Å². The molecule has 4 nitrogen and oxygen atoms in total. The molecule has 1 fully saturated rings. The Bertz CT molecular complexity index is 560. The van der Waals surface area contributed by atoms with Crippen molar-refractivity contribution in [2.75, 3.05) is 31.5 Å². The zero-order valence-corrected chi connectivity index (χ0v) is 15.3. The quantitative estimate of drug-likeness (QED) is 0.654. The van der Waals surface area contributed by atoms with Gasteiger partial charge >= 0.3 is 0 Å². The number of likely N-dealkylation sites (tertiary alicyclic amines) is 1. The molecular formula is C19H31FN4. The highest BCUT2D eigenvalue weighted by atomic mass is 19.1. The zero-order valence-electron chi connectivity index (χ0n) is 15.3. The SMILES string of the molecule is CC1CC(C)CN(C(=NCC(C)(C)CN)Nc2cccc(F)c2)C1. The molecule has 1 aliphatic heterocycles. The van der Waals surface area contributed by atoms with Gasteiger partial charge in [-0.3, -0.25) is 4.99 Å². The predicted octanol–water partition coefficient (Wildman–Crippen LogP) is 3.56. The molecule has 134 valence electrons. The predicted molar refractivity (Wildman–Crippen MR) is 99.7 cm³/mol. The number of guanidine groups is 1. The van der Waals surface area contributed by atoms with E-state index in [1.807, 2.05) is 6.07 Å². The molecule has 0 bridgehead atoms. The van der Waals surface area contributed by atoms with Crippen LogP contribution in [0.5, 0.6) is 0 Å². The molecule has 2 atom stereocenters. The third-order valence-corrected chi connectivity index (χ3v) is 4.46. The van der Waals surface area contributed by atoms with E-state index in [0.29, 0.717) is 24.9 Å². The summed E-state index contributed by atoms with van der Waals surface area (Å²) in [4.78, 5) is 7.10. The van der Waals surface area contributed by atoms with Crippen LogP contribution in [0.4, 0.5) is 10.1 Å². The lowest BCUT2D eigenvalue weighted by Gasteiger charge is -2.37. The first-order valence-corrected chi connectivity index (χ1v) is 8.81. The molecule has 1 saturated heterocycles. The molecule has 0 aliphatic carbocycles. The second-order valence-electron chi connectivity index (χ2n) is 7.99. The van der Waals surface area contributed by atoms with E-state index in [1.165, 1.54) is 18.6 Å². The standard InChI is InChI=1S/C19H31FN4/c1-14-8-15(2)11-24(10-14)18(22-13-19(3,4)12-21)23-17-7-5-6-16(20)9-17/h5-7,9,14-15H,8,10-13,21H2,1-4H3,(H,22,23). The van der Waals surface area contributed by atoms with Crippen molar-refractivity contribution in [2.24, 2.45) is 28.0 Å². The number of nitrogens with two attached hydrogens (primary N) is 1. The Balaban J connectivity index is 2.21. The maximum Gasteiger partial charge on any atom is 0.198 e. The maximum atomic E-state index is 13.5. The summed E-state index contributed by atoms with van der Waals surface area (Å²) < 4.78 is 13.5. The number of halogens is 1. The normalized spacial score (nSPS) is 22.6. The minimum Gasteiger partial charge on any atom is -0.342 e. The Morgan fingerprint density at radius 3 is 2.58 bits per heavy atom. The van der Waals surface area contributed by atoms with Gasteiger partial charge in [0.15, 0.2) is 5.96 Å². The molecule has 2 rings (SSSR count). The number of benzene rings is 1. The molecule has 1 heterocycles. The van der Waals surface area contributed by atoms with Crippen LogP contribution in [0.3, 0.4) is 0 Å². The molecule has 1 aromatic rings. The molecule has 5 heteroatoms. The lowest BCUT2D eigenvalue weighted by molar-refractivity contribution is 0.212. The number of hydrogen-bond donors (Lipinski definition) is 2. The van der Waals surface area contributed by atoms with Crippen LogP contribution in [0.1, 0.15) is 34.1 Å². The topological polar surface area (TPSA) is 53.6 Å². The number of piperidine rings is 1. The van der Waals surface area contributed by atoms with Crippen LogP contribution in [0.2, 0.25) is 0 Å².